The molecule has 0 aliphatic rings. The van der Waals surface area contributed by atoms with Crippen LogP contribution in [0.25, 0.3) is 0 Å². The maximum Gasteiger partial charge on any atom is 0.127 e. The number of halogens is 2. The molecule has 0 aliphatic heterocycles. The summed E-state index contributed by atoms with van der Waals surface area (Å²) in [5.74, 6) is -0.466. The Morgan fingerprint density at radius 1 is 0.842 bits per heavy atom. The standard InChI is InChI=1S/C16H17F2N/c1-11(13-7-9-14(17)10-8-13)19-12(2)15-5-3-4-6-16(15)18/h3-12,19H,1-2H3/t11-,12?/m0/s1. The van der Waals surface area contributed by atoms with E-state index < -0.39 is 0 Å². The van der Waals surface area contributed by atoms with Gasteiger partial charge in [-0.25, -0.2) is 8.78 Å². The van der Waals surface area contributed by atoms with Gasteiger partial charge in [0.15, 0.2) is 0 Å². The summed E-state index contributed by atoms with van der Waals surface area (Å²) in [7, 11) is 0. The Morgan fingerprint density at radius 2 is 1.47 bits per heavy atom. The van der Waals surface area contributed by atoms with E-state index in [-0.39, 0.29) is 23.7 Å². The van der Waals surface area contributed by atoms with Gasteiger partial charge in [0.2, 0.25) is 0 Å². The minimum Gasteiger partial charge on any atom is -0.304 e. The van der Waals surface area contributed by atoms with Crippen LogP contribution in [0.15, 0.2) is 48.5 Å². The molecule has 0 aromatic heterocycles. The molecule has 0 radical (unpaired) electrons. The summed E-state index contributed by atoms with van der Waals surface area (Å²) in [6.45, 7) is 3.89. The second-order valence-corrected chi connectivity index (χ2v) is 4.68. The fourth-order valence-electron chi connectivity index (χ4n) is 2.14. The van der Waals surface area contributed by atoms with Crippen LogP contribution in [0.5, 0.6) is 0 Å². The molecule has 0 aliphatic carbocycles. The van der Waals surface area contributed by atoms with Crippen molar-refractivity contribution in [3.05, 3.63) is 71.3 Å². The van der Waals surface area contributed by atoms with Crippen LogP contribution in [-0.2, 0) is 0 Å². The minimum atomic E-state index is -0.252. The maximum atomic E-state index is 13.7. The van der Waals surface area contributed by atoms with Gasteiger partial charge in [-0.2, -0.15) is 0 Å². The van der Waals surface area contributed by atoms with Crippen molar-refractivity contribution >= 4 is 0 Å². The monoisotopic (exact) mass is 261 g/mol. The van der Waals surface area contributed by atoms with Crippen molar-refractivity contribution < 1.29 is 8.78 Å². The summed E-state index contributed by atoms with van der Waals surface area (Å²) in [6, 6.07) is 13.0. The van der Waals surface area contributed by atoms with Crippen LogP contribution in [0.4, 0.5) is 8.78 Å². The van der Waals surface area contributed by atoms with Gasteiger partial charge in [0.25, 0.3) is 0 Å². The molecule has 0 bridgehead atoms. The largest absolute Gasteiger partial charge is 0.304 e. The van der Waals surface area contributed by atoms with E-state index in [1.54, 1.807) is 24.3 Å². The average Bonchev–Trinajstić information content (AvgIpc) is 2.39. The first kappa shape index (κ1) is 13.7. The molecule has 0 saturated heterocycles. The van der Waals surface area contributed by atoms with Gasteiger partial charge in [-0.05, 0) is 37.6 Å². The smallest absolute Gasteiger partial charge is 0.127 e. The first-order chi connectivity index (χ1) is 9.08. The van der Waals surface area contributed by atoms with Crippen LogP contribution in [0, 0.1) is 11.6 Å². The highest BCUT2D eigenvalue weighted by molar-refractivity contribution is 5.23. The van der Waals surface area contributed by atoms with Crippen molar-refractivity contribution in [1.82, 2.24) is 5.32 Å². The number of hydrogen-bond acceptors (Lipinski definition) is 1. The molecule has 0 amide bonds. The Labute approximate surface area is 112 Å². The van der Waals surface area contributed by atoms with E-state index in [2.05, 4.69) is 5.32 Å². The average molecular weight is 261 g/mol. The highest BCUT2D eigenvalue weighted by atomic mass is 19.1. The molecule has 0 saturated carbocycles. The number of nitrogens with one attached hydrogen (secondary N) is 1. The summed E-state index contributed by atoms with van der Waals surface area (Å²) in [5.41, 5.74) is 1.61. The van der Waals surface area contributed by atoms with Crippen molar-refractivity contribution in [2.24, 2.45) is 0 Å². The normalized spacial score (nSPS) is 14.1. The summed E-state index contributed by atoms with van der Waals surface area (Å²) in [4.78, 5) is 0. The topological polar surface area (TPSA) is 12.0 Å². The first-order valence-electron chi connectivity index (χ1n) is 6.34. The molecule has 100 valence electrons. The Morgan fingerprint density at radius 3 is 2.11 bits per heavy atom. The zero-order chi connectivity index (χ0) is 13.8. The van der Waals surface area contributed by atoms with E-state index >= 15 is 0 Å². The summed E-state index contributed by atoms with van der Waals surface area (Å²) in [5, 5.41) is 3.31. The highest BCUT2D eigenvalue weighted by Gasteiger charge is 2.13. The Bertz CT molecular complexity index is 537. The van der Waals surface area contributed by atoms with Crippen LogP contribution in [0.1, 0.15) is 37.1 Å². The lowest BCUT2D eigenvalue weighted by Crippen LogP contribution is -2.23. The first-order valence-corrected chi connectivity index (χ1v) is 6.34. The SMILES string of the molecule is CC(N[C@@H](C)c1ccc(F)cc1)c1ccccc1F. The van der Waals surface area contributed by atoms with Crippen LogP contribution >= 0.6 is 0 Å². The minimum absolute atomic E-state index is 0.0233. The van der Waals surface area contributed by atoms with Crippen molar-refractivity contribution in [3.8, 4) is 0 Å². The Kier molecular flexibility index (Phi) is 4.27. The second-order valence-electron chi connectivity index (χ2n) is 4.68. The molecular formula is C16H17F2N. The van der Waals surface area contributed by atoms with E-state index in [1.165, 1.54) is 18.2 Å². The summed E-state index contributed by atoms with van der Waals surface area (Å²) < 4.78 is 26.5. The zero-order valence-electron chi connectivity index (χ0n) is 11.0. The van der Waals surface area contributed by atoms with E-state index in [0.717, 1.165) is 5.56 Å². The van der Waals surface area contributed by atoms with Gasteiger partial charge in [0.1, 0.15) is 11.6 Å². The molecule has 1 nitrogen and oxygen atoms in total. The predicted octanol–water partition coefficient (Wildman–Crippen LogP) is 4.38. The number of hydrogen-bond donors (Lipinski definition) is 1. The zero-order valence-corrected chi connectivity index (χ0v) is 11.0. The van der Waals surface area contributed by atoms with Crippen LogP contribution in [-0.4, -0.2) is 0 Å². The van der Waals surface area contributed by atoms with E-state index in [9.17, 15) is 8.78 Å². The molecule has 2 rings (SSSR count). The van der Waals surface area contributed by atoms with Gasteiger partial charge >= 0.3 is 0 Å². The third-order valence-corrected chi connectivity index (χ3v) is 3.24. The lowest BCUT2D eigenvalue weighted by molar-refractivity contribution is 0.473. The van der Waals surface area contributed by atoms with Gasteiger partial charge in [0.05, 0.1) is 0 Å². The second kappa shape index (κ2) is 5.93. The van der Waals surface area contributed by atoms with Crippen LogP contribution < -0.4 is 5.32 Å². The quantitative estimate of drug-likeness (QED) is 0.861. The Balaban J connectivity index is 2.08. The molecule has 1 unspecified atom stereocenters. The van der Waals surface area contributed by atoms with Gasteiger partial charge in [-0.1, -0.05) is 30.3 Å². The molecular weight excluding hydrogens is 244 g/mol. The highest BCUT2D eigenvalue weighted by Crippen LogP contribution is 2.21. The number of benzene rings is 2. The van der Waals surface area contributed by atoms with Crippen molar-refractivity contribution in [3.63, 3.8) is 0 Å². The molecule has 0 spiro atoms. The van der Waals surface area contributed by atoms with Crippen molar-refractivity contribution in [2.75, 3.05) is 0 Å². The van der Waals surface area contributed by atoms with Gasteiger partial charge in [-0.15, -0.1) is 0 Å². The van der Waals surface area contributed by atoms with Crippen LogP contribution in [0.3, 0.4) is 0 Å². The molecule has 19 heavy (non-hydrogen) atoms. The third-order valence-electron chi connectivity index (χ3n) is 3.24. The molecule has 0 heterocycles. The fourth-order valence-corrected chi connectivity index (χ4v) is 2.14. The van der Waals surface area contributed by atoms with Crippen LogP contribution in [0.2, 0.25) is 0 Å². The number of rotatable bonds is 4. The predicted molar refractivity (Wildman–Crippen MR) is 72.8 cm³/mol. The molecule has 2 aromatic carbocycles. The molecule has 1 N–H and O–H groups in total. The van der Waals surface area contributed by atoms with Gasteiger partial charge < -0.3 is 5.32 Å². The lowest BCUT2D eigenvalue weighted by atomic mass is 10.0. The van der Waals surface area contributed by atoms with Gasteiger partial charge in [0, 0.05) is 17.6 Å². The Hall–Kier alpha value is -1.74. The molecule has 3 heteroatoms. The summed E-state index contributed by atoms with van der Waals surface area (Å²) >= 11 is 0. The fraction of sp³-hybridized carbons (Fsp3) is 0.250. The molecule has 2 atom stereocenters. The van der Waals surface area contributed by atoms with E-state index in [0.29, 0.717) is 5.56 Å². The van der Waals surface area contributed by atoms with E-state index in [1.807, 2.05) is 19.9 Å². The lowest BCUT2D eigenvalue weighted by Gasteiger charge is -2.21. The van der Waals surface area contributed by atoms with Gasteiger partial charge in [-0.3, -0.25) is 0 Å². The molecule has 2 aromatic rings. The van der Waals surface area contributed by atoms with E-state index in [4.69, 9.17) is 0 Å². The molecule has 0 fully saturated rings. The van der Waals surface area contributed by atoms with Crippen molar-refractivity contribution in [1.29, 1.82) is 0 Å². The third kappa shape index (κ3) is 3.38. The van der Waals surface area contributed by atoms with Crippen molar-refractivity contribution in [2.45, 2.75) is 25.9 Å². The summed E-state index contributed by atoms with van der Waals surface area (Å²) in [6.07, 6.45) is 0. The maximum absolute atomic E-state index is 13.7.